The van der Waals surface area contributed by atoms with E-state index in [4.69, 9.17) is 9.84 Å². The summed E-state index contributed by atoms with van der Waals surface area (Å²) in [6, 6.07) is 10.5. The van der Waals surface area contributed by atoms with Crippen molar-refractivity contribution in [3.8, 4) is 5.75 Å². The van der Waals surface area contributed by atoms with Gasteiger partial charge in [0.2, 0.25) is 11.8 Å². The number of alkyl halides is 5. The van der Waals surface area contributed by atoms with Crippen LogP contribution in [0.2, 0.25) is 0 Å². The summed E-state index contributed by atoms with van der Waals surface area (Å²) in [6.07, 6.45) is 0.862. The van der Waals surface area contributed by atoms with Gasteiger partial charge in [0, 0.05) is 37.7 Å². The number of likely N-dealkylation sites (tertiary alicyclic amines) is 1. The van der Waals surface area contributed by atoms with E-state index in [1.807, 2.05) is 15.8 Å². The van der Waals surface area contributed by atoms with E-state index in [9.17, 15) is 32.3 Å². The molecule has 3 aromatic heterocycles. The van der Waals surface area contributed by atoms with Crippen LogP contribution in [0, 0.1) is 5.92 Å². The minimum atomic E-state index is -4.70. The average Bonchev–Trinajstić information content (AvgIpc) is 3.71. The number of ether oxygens (including phenoxy) is 1. The van der Waals surface area contributed by atoms with Crippen molar-refractivity contribution in [1.82, 2.24) is 34.1 Å². The molecule has 306 valence electrons. The van der Waals surface area contributed by atoms with E-state index in [1.165, 1.54) is 22.3 Å². The summed E-state index contributed by atoms with van der Waals surface area (Å²) in [5, 5.41) is 10.3. The van der Waals surface area contributed by atoms with Crippen molar-refractivity contribution in [2.45, 2.75) is 75.0 Å². The number of aromatic nitrogens is 5. The van der Waals surface area contributed by atoms with E-state index in [1.54, 1.807) is 37.4 Å². The number of carbonyl (C=O) groups is 3. The highest BCUT2D eigenvalue weighted by molar-refractivity contribution is 6.05. The van der Waals surface area contributed by atoms with Crippen molar-refractivity contribution < 1.29 is 41.1 Å². The summed E-state index contributed by atoms with van der Waals surface area (Å²) in [5.74, 6) is -5.35. The summed E-state index contributed by atoms with van der Waals surface area (Å²) in [4.78, 5) is 55.6. The van der Waals surface area contributed by atoms with Gasteiger partial charge in [-0.05, 0) is 86.9 Å². The Bertz CT molecular complexity index is 2480. The quantitative estimate of drug-likeness (QED) is 0.139. The van der Waals surface area contributed by atoms with Gasteiger partial charge in [-0.3, -0.25) is 38.4 Å². The van der Waals surface area contributed by atoms with E-state index >= 15 is 8.78 Å². The second-order valence-corrected chi connectivity index (χ2v) is 15.5. The third-order valence-corrected chi connectivity index (χ3v) is 11.8. The fraction of sp³-hybridized carbons (Fsp3) is 0.450. The number of hydrogen-bond donors (Lipinski definition) is 2. The Morgan fingerprint density at radius 2 is 1.78 bits per heavy atom. The number of amides is 3. The van der Waals surface area contributed by atoms with Crippen molar-refractivity contribution in [1.29, 1.82) is 0 Å². The number of aryl methyl sites for hydroxylation is 1. The SMILES string of the molecule is COc1cc2nn([C@H]3CC[C@H](CN4CCC(c5ccc6c(c5)n(C)c(=O)n6C5CCC(=O)NC5=O)C(F)(F)C4)CC3)cc2cc1NC(=O)c1cccc(C(F)(F)F)n1. The molecule has 1 aliphatic carbocycles. The third kappa shape index (κ3) is 7.44. The van der Waals surface area contributed by atoms with Gasteiger partial charge >= 0.3 is 11.9 Å². The first kappa shape index (κ1) is 39.2. The molecule has 5 aromatic rings. The second kappa shape index (κ2) is 14.9. The molecule has 2 N–H and O–H groups in total. The number of nitrogens with one attached hydrogen (secondary N) is 2. The molecule has 3 aliphatic rings. The van der Waals surface area contributed by atoms with Gasteiger partial charge < -0.3 is 10.1 Å². The van der Waals surface area contributed by atoms with Gasteiger partial charge in [0.1, 0.15) is 23.2 Å². The lowest BCUT2D eigenvalue weighted by Crippen LogP contribution is -2.49. The zero-order chi connectivity index (χ0) is 41.1. The Hall–Kier alpha value is -5.65. The van der Waals surface area contributed by atoms with Crippen LogP contribution in [0.25, 0.3) is 21.9 Å². The lowest BCUT2D eigenvalue weighted by atomic mass is 9.83. The minimum absolute atomic E-state index is 0.0601. The number of nitrogens with zero attached hydrogens (tertiary/aromatic N) is 6. The molecule has 5 heterocycles. The summed E-state index contributed by atoms with van der Waals surface area (Å²) in [5.41, 5.74) is 0.158. The molecule has 58 heavy (non-hydrogen) atoms. The summed E-state index contributed by atoms with van der Waals surface area (Å²) in [6.45, 7) is 0.643. The molecule has 13 nitrogen and oxygen atoms in total. The summed E-state index contributed by atoms with van der Waals surface area (Å²) in [7, 11) is 2.95. The molecule has 3 amide bonds. The van der Waals surface area contributed by atoms with Crippen LogP contribution in [-0.2, 0) is 22.8 Å². The molecule has 18 heteroatoms. The second-order valence-electron chi connectivity index (χ2n) is 15.5. The van der Waals surface area contributed by atoms with Gasteiger partial charge in [-0.1, -0.05) is 12.1 Å². The Morgan fingerprint density at radius 1 is 1.00 bits per heavy atom. The largest absolute Gasteiger partial charge is 0.494 e. The molecule has 0 bridgehead atoms. The smallest absolute Gasteiger partial charge is 0.433 e. The molecular formula is C40H41F5N8O5. The van der Waals surface area contributed by atoms with Crippen molar-refractivity contribution in [2.75, 3.05) is 32.1 Å². The Kier molecular flexibility index (Phi) is 10.1. The number of hydrogen-bond acceptors (Lipinski definition) is 8. The van der Waals surface area contributed by atoms with Crippen molar-refractivity contribution in [3.63, 3.8) is 0 Å². The number of piperidine rings is 2. The molecular weight excluding hydrogens is 767 g/mol. The van der Waals surface area contributed by atoms with Crippen LogP contribution in [0.4, 0.5) is 27.6 Å². The topological polar surface area (TPSA) is 145 Å². The molecule has 1 saturated carbocycles. The van der Waals surface area contributed by atoms with Crippen LogP contribution < -0.4 is 21.1 Å². The molecule has 3 fully saturated rings. The van der Waals surface area contributed by atoms with Crippen LogP contribution in [0.3, 0.4) is 0 Å². The zero-order valence-electron chi connectivity index (χ0n) is 31.7. The first-order valence-corrected chi connectivity index (χ1v) is 19.2. The summed E-state index contributed by atoms with van der Waals surface area (Å²) < 4.78 is 81.3. The van der Waals surface area contributed by atoms with Gasteiger partial charge in [0.25, 0.3) is 11.8 Å². The number of rotatable bonds is 8. The number of fused-ring (bicyclic) bond motifs is 2. The van der Waals surface area contributed by atoms with Crippen molar-refractivity contribution >= 4 is 45.3 Å². The Balaban J connectivity index is 0.889. The highest BCUT2D eigenvalue weighted by Crippen LogP contribution is 2.43. The van der Waals surface area contributed by atoms with E-state index in [-0.39, 0.29) is 49.2 Å². The normalized spacial score (nSPS) is 22.9. The van der Waals surface area contributed by atoms with Crippen molar-refractivity contribution in [2.24, 2.45) is 13.0 Å². The van der Waals surface area contributed by atoms with Crippen LogP contribution in [0.5, 0.6) is 5.75 Å². The molecule has 2 saturated heterocycles. The highest BCUT2D eigenvalue weighted by Gasteiger charge is 2.46. The maximum Gasteiger partial charge on any atom is 0.433 e. The third-order valence-electron chi connectivity index (χ3n) is 11.8. The minimum Gasteiger partial charge on any atom is -0.494 e. The predicted octanol–water partition coefficient (Wildman–Crippen LogP) is 6.20. The predicted molar refractivity (Wildman–Crippen MR) is 202 cm³/mol. The molecule has 0 radical (unpaired) electrons. The number of anilines is 1. The van der Waals surface area contributed by atoms with Gasteiger partial charge in [0.15, 0.2) is 0 Å². The van der Waals surface area contributed by atoms with Crippen LogP contribution >= 0.6 is 0 Å². The Labute approximate surface area is 328 Å². The number of imide groups is 1. The first-order chi connectivity index (χ1) is 27.6. The standard InChI is InChI=1S/C40H41F5N8O5/c1-50-32-17-23(8-11-30(32)53(38(50)57)31-12-13-35(54)48-37(31)56)26-14-15-51(21-39(26,41)42)19-22-6-9-25(10-7-22)52-20-24-16-29(33(58-2)18-28(24)49-52)47-36(55)27-4-3-5-34(46-27)40(43,44)45/h3-5,8,11,16-18,20,22,25-26,31H,6-7,9-10,12-15,19,21H2,1-2H3,(H,47,55)(H,48,54,56)/t22-,25-,26?,31?. The molecule has 2 unspecified atom stereocenters. The van der Waals surface area contributed by atoms with Gasteiger partial charge in [-0.25, -0.2) is 18.6 Å². The first-order valence-electron chi connectivity index (χ1n) is 19.2. The van der Waals surface area contributed by atoms with Crippen LogP contribution in [0.1, 0.15) is 84.7 Å². The van der Waals surface area contributed by atoms with E-state index in [0.29, 0.717) is 40.6 Å². The number of methoxy groups -OCH3 is 1. The Morgan fingerprint density at radius 3 is 2.48 bits per heavy atom. The summed E-state index contributed by atoms with van der Waals surface area (Å²) >= 11 is 0. The fourth-order valence-electron chi connectivity index (χ4n) is 8.79. The maximum absolute atomic E-state index is 15.9. The highest BCUT2D eigenvalue weighted by atomic mass is 19.4. The fourth-order valence-corrected chi connectivity index (χ4v) is 8.79. The van der Waals surface area contributed by atoms with Gasteiger partial charge in [-0.15, -0.1) is 0 Å². The zero-order valence-corrected chi connectivity index (χ0v) is 31.7. The van der Waals surface area contributed by atoms with Gasteiger partial charge in [-0.2, -0.15) is 18.3 Å². The van der Waals surface area contributed by atoms with Crippen LogP contribution in [-0.4, -0.2) is 79.2 Å². The monoisotopic (exact) mass is 808 g/mol. The van der Waals surface area contributed by atoms with Crippen LogP contribution in [0.15, 0.2) is 59.5 Å². The maximum atomic E-state index is 15.9. The lowest BCUT2D eigenvalue weighted by Gasteiger charge is -2.41. The molecule has 2 aliphatic heterocycles. The number of halogens is 5. The number of carbonyl (C=O) groups excluding carboxylic acids is 3. The molecule has 2 atom stereocenters. The van der Waals surface area contributed by atoms with E-state index in [0.717, 1.165) is 37.8 Å². The number of benzene rings is 2. The lowest BCUT2D eigenvalue weighted by molar-refractivity contribution is -0.141. The van der Waals surface area contributed by atoms with Crippen molar-refractivity contribution in [3.05, 3.63) is 82.2 Å². The number of imidazole rings is 1. The molecule has 8 rings (SSSR count). The molecule has 0 spiro atoms. The molecule has 2 aromatic carbocycles. The van der Waals surface area contributed by atoms with Gasteiger partial charge in [0.05, 0.1) is 47.9 Å². The van der Waals surface area contributed by atoms with E-state index in [2.05, 4.69) is 15.6 Å². The average molecular weight is 809 g/mol. The van der Waals surface area contributed by atoms with E-state index < -0.39 is 58.9 Å². The number of pyridine rings is 1.